The number of hydrogen-bond donors (Lipinski definition) is 3. The lowest BCUT2D eigenvalue weighted by Crippen LogP contribution is -2.40. The summed E-state index contributed by atoms with van der Waals surface area (Å²) in [5.74, 6) is -0.684. The molecule has 0 radical (unpaired) electrons. The van der Waals surface area contributed by atoms with Gasteiger partial charge in [0.15, 0.2) is 5.58 Å². The van der Waals surface area contributed by atoms with Gasteiger partial charge in [0, 0.05) is 18.1 Å². The van der Waals surface area contributed by atoms with Crippen molar-refractivity contribution in [3.8, 4) is 0 Å². The fraction of sp³-hybridized carbons (Fsp3) is 0.385. The number of carbonyl (C=O) groups excluding carboxylic acids is 2. The number of fused-ring (bicyclic) bond motifs is 1. The van der Waals surface area contributed by atoms with Gasteiger partial charge < -0.3 is 14.7 Å². The minimum Gasteiger partial charge on any atom is -0.463 e. The largest absolute Gasteiger partial charge is 0.463 e. The fourth-order valence-electron chi connectivity index (χ4n) is 2.34. The van der Waals surface area contributed by atoms with Crippen molar-refractivity contribution in [1.82, 2.24) is 15.6 Å². The Labute approximate surface area is 109 Å². The number of aromatic nitrogens is 1. The van der Waals surface area contributed by atoms with Gasteiger partial charge in [-0.15, -0.1) is 0 Å². The Morgan fingerprint density at radius 3 is 2.84 bits per heavy atom. The number of carbonyl (C=O) groups is 2. The van der Waals surface area contributed by atoms with Crippen molar-refractivity contribution in [2.24, 2.45) is 5.92 Å². The summed E-state index contributed by atoms with van der Waals surface area (Å²) in [7, 11) is 0. The van der Waals surface area contributed by atoms with Gasteiger partial charge in [-0.25, -0.2) is 0 Å². The van der Waals surface area contributed by atoms with Crippen LogP contribution in [0.1, 0.15) is 23.3 Å². The lowest BCUT2D eigenvalue weighted by molar-refractivity contribution is -0.124. The summed E-state index contributed by atoms with van der Waals surface area (Å²) in [5.41, 5.74) is 1.70. The Morgan fingerprint density at radius 2 is 2.11 bits per heavy atom. The molecule has 0 aliphatic carbocycles. The average molecular weight is 261 g/mol. The number of amides is 2. The molecule has 1 aliphatic rings. The molecular formula is C13H15N3O3. The molecule has 3 heterocycles. The summed E-state index contributed by atoms with van der Waals surface area (Å²) in [6, 6.07) is 3.33. The van der Waals surface area contributed by atoms with Crippen LogP contribution in [-0.2, 0) is 4.79 Å². The lowest BCUT2D eigenvalue weighted by Gasteiger charge is -2.21. The van der Waals surface area contributed by atoms with Gasteiger partial charge in [-0.3, -0.25) is 14.9 Å². The molecular weight excluding hydrogens is 246 g/mol. The molecule has 0 atom stereocenters. The van der Waals surface area contributed by atoms with E-state index in [9.17, 15) is 9.59 Å². The molecule has 2 aromatic heterocycles. The van der Waals surface area contributed by atoms with Gasteiger partial charge in [0.25, 0.3) is 5.91 Å². The molecule has 0 bridgehead atoms. The second-order valence-electron chi connectivity index (χ2n) is 4.72. The minimum atomic E-state index is -0.407. The maximum Gasteiger partial charge on any atom is 0.274 e. The van der Waals surface area contributed by atoms with Crippen molar-refractivity contribution in [3.63, 3.8) is 0 Å². The first-order valence-electron chi connectivity index (χ1n) is 6.36. The van der Waals surface area contributed by atoms with E-state index in [4.69, 9.17) is 4.42 Å². The van der Waals surface area contributed by atoms with E-state index in [1.54, 1.807) is 18.4 Å². The third-order valence-electron chi connectivity index (χ3n) is 3.43. The topological polar surface area (TPSA) is 87.1 Å². The predicted molar refractivity (Wildman–Crippen MR) is 68.6 cm³/mol. The van der Waals surface area contributed by atoms with Crippen molar-refractivity contribution in [3.05, 3.63) is 24.1 Å². The zero-order valence-corrected chi connectivity index (χ0v) is 10.4. The Hall–Kier alpha value is -2.08. The van der Waals surface area contributed by atoms with Crippen molar-refractivity contribution >= 4 is 22.9 Å². The van der Waals surface area contributed by atoms with Crippen LogP contribution in [0.5, 0.6) is 0 Å². The minimum absolute atomic E-state index is 0.0804. The summed E-state index contributed by atoms with van der Waals surface area (Å²) in [5, 5.41) is 5.62. The van der Waals surface area contributed by atoms with Gasteiger partial charge in [-0.05, 0) is 25.9 Å². The molecule has 1 fully saturated rings. The van der Waals surface area contributed by atoms with Crippen molar-refractivity contribution < 1.29 is 14.0 Å². The number of imide groups is 1. The standard InChI is InChI=1S/C13H15N3O3/c17-12(8-1-4-14-5-2-8)16-13(18)10-7-11-9(15-10)3-6-19-11/h3,6-8,14-15H,1-2,4-5H2,(H,16,17,18). The molecule has 0 unspecified atom stereocenters. The second kappa shape index (κ2) is 4.89. The first-order valence-corrected chi connectivity index (χ1v) is 6.36. The highest BCUT2D eigenvalue weighted by atomic mass is 16.3. The third kappa shape index (κ3) is 2.39. The van der Waals surface area contributed by atoms with E-state index in [0.29, 0.717) is 11.3 Å². The van der Waals surface area contributed by atoms with E-state index in [1.165, 1.54) is 0 Å². The molecule has 6 heteroatoms. The molecule has 3 N–H and O–H groups in total. The molecule has 0 aromatic carbocycles. The summed E-state index contributed by atoms with van der Waals surface area (Å²) < 4.78 is 5.17. The van der Waals surface area contributed by atoms with Gasteiger partial charge >= 0.3 is 0 Å². The number of hydrogen-bond acceptors (Lipinski definition) is 4. The van der Waals surface area contributed by atoms with E-state index in [-0.39, 0.29) is 11.8 Å². The van der Waals surface area contributed by atoms with E-state index in [0.717, 1.165) is 31.4 Å². The van der Waals surface area contributed by atoms with E-state index < -0.39 is 5.91 Å². The molecule has 0 saturated carbocycles. The van der Waals surface area contributed by atoms with Gasteiger partial charge in [0.1, 0.15) is 5.69 Å². The maximum absolute atomic E-state index is 11.9. The van der Waals surface area contributed by atoms with E-state index >= 15 is 0 Å². The van der Waals surface area contributed by atoms with Crippen LogP contribution >= 0.6 is 0 Å². The van der Waals surface area contributed by atoms with Crippen LogP contribution in [0.3, 0.4) is 0 Å². The Bertz CT molecular complexity index is 579. The summed E-state index contributed by atoms with van der Waals surface area (Å²) >= 11 is 0. The smallest absolute Gasteiger partial charge is 0.274 e. The zero-order valence-electron chi connectivity index (χ0n) is 10.4. The van der Waals surface area contributed by atoms with E-state index in [1.807, 2.05) is 0 Å². The Kier molecular flexibility index (Phi) is 3.08. The highest BCUT2D eigenvalue weighted by Crippen LogP contribution is 2.16. The fourth-order valence-corrected chi connectivity index (χ4v) is 2.34. The van der Waals surface area contributed by atoms with Gasteiger partial charge in [-0.2, -0.15) is 0 Å². The van der Waals surface area contributed by atoms with Crippen LogP contribution in [-0.4, -0.2) is 29.9 Å². The molecule has 3 rings (SSSR count). The first kappa shape index (κ1) is 12.0. The summed E-state index contributed by atoms with van der Waals surface area (Å²) in [4.78, 5) is 26.8. The van der Waals surface area contributed by atoms with Gasteiger partial charge in [0.2, 0.25) is 5.91 Å². The Morgan fingerprint density at radius 1 is 1.32 bits per heavy atom. The van der Waals surface area contributed by atoms with Gasteiger partial charge in [0.05, 0.1) is 11.8 Å². The Balaban J connectivity index is 1.67. The van der Waals surface area contributed by atoms with Crippen LogP contribution in [0.15, 0.2) is 22.8 Å². The number of piperidine rings is 1. The average Bonchev–Trinajstić information content (AvgIpc) is 3.00. The monoisotopic (exact) mass is 261 g/mol. The molecule has 19 heavy (non-hydrogen) atoms. The second-order valence-corrected chi connectivity index (χ2v) is 4.72. The van der Waals surface area contributed by atoms with E-state index in [2.05, 4.69) is 15.6 Å². The van der Waals surface area contributed by atoms with Crippen LogP contribution in [0, 0.1) is 5.92 Å². The lowest BCUT2D eigenvalue weighted by atomic mass is 9.97. The highest BCUT2D eigenvalue weighted by molar-refractivity contribution is 6.06. The van der Waals surface area contributed by atoms with Crippen LogP contribution in [0.4, 0.5) is 0 Å². The molecule has 0 spiro atoms. The normalized spacial score (nSPS) is 16.6. The van der Waals surface area contributed by atoms with Crippen LogP contribution in [0.2, 0.25) is 0 Å². The maximum atomic E-state index is 11.9. The molecule has 6 nitrogen and oxygen atoms in total. The highest BCUT2D eigenvalue weighted by Gasteiger charge is 2.23. The third-order valence-corrected chi connectivity index (χ3v) is 3.43. The number of furan rings is 1. The summed E-state index contributed by atoms with van der Waals surface area (Å²) in [6.07, 6.45) is 3.08. The van der Waals surface area contributed by atoms with Crippen molar-refractivity contribution in [2.45, 2.75) is 12.8 Å². The van der Waals surface area contributed by atoms with Crippen molar-refractivity contribution in [1.29, 1.82) is 0 Å². The molecule has 1 saturated heterocycles. The zero-order chi connectivity index (χ0) is 13.2. The SMILES string of the molecule is O=C(NC(=O)C1CCNCC1)c1cc2occc2[nH]1. The number of rotatable bonds is 2. The van der Waals surface area contributed by atoms with Crippen LogP contribution in [0.25, 0.3) is 11.1 Å². The molecule has 100 valence electrons. The number of H-pyrrole nitrogens is 1. The first-order chi connectivity index (χ1) is 9.24. The summed E-state index contributed by atoms with van der Waals surface area (Å²) in [6.45, 7) is 1.64. The van der Waals surface area contributed by atoms with Crippen LogP contribution < -0.4 is 10.6 Å². The quantitative estimate of drug-likeness (QED) is 0.704. The predicted octanol–water partition coefficient (Wildman–Crippen LogP) is 1.02. The van der Waals surface area contributed by atoms with Crippen molar-refractivity contribution in [2.75, 3.05) is 13.1 Å². The molecule has 2 aromatic rings. The number of aromatic amines is 1. The molecule has 2 amide bonds. The number of nitrogens with one attached hydrogen (secondary N) is 3. The van der Waals surface area contributed by atoms with Gasteiger partial charge in [-0.1, -0.05) is 0 Å². The molecule has 1 aliphatic heterocycles.